The fraction of sp³-hybridized carbons (Fsp3) is 0.438. The fourth-order valence-electron chi connectivity index (χ4n) is 2.75. The number of carbonyl (C=O) groups is 1. The van der Waals surface area contributed by atoms with E-state index in [1.807, 2.05) is 0 Å². The lowest BCUT2D eigenvalue weighted by Crippen LogP contribution is -2.33. The van der Waals surface area contributed by atoms with E-state index in [-0.39, 0.29) is 22.6 Å². The summed E-state index contributed by atoms with van der Waals surface area (Å²) in [4.78, 5) is 24.1. The monoisotopic (exact) mass is 285 g/mol. The first kappa shape index (κ1) is 13.8. The van der Waals surface area contributed by atoms with E-state index in [1.54, 1.807) is 24.3 Å². The molecule has 1 heterocycles. The molecule has 110 valence electrons. The van der Waals surface area contributed by atoms with Crippen molar-refractivity contribution in [3.8, 4) is 0 Å². The van der Waals surface area contributed by atoms with Gasteiger partial charge >= 0.3 is 0 Å². The predicted molar refractivity (Wildman–Crippen MR) is 81.2 cm³/mol. The molecule has 1 aliphatic carbocycles. The third-order valence-electron chi connectivity index (χ3n) is 4.63. The molecule has 5 heteroatoms. The largest absolute Gasteiger partial charge is 0.350 e. The summed E-state index contributed by atoms with van der Waals surface area (Å²) >= 11 is 0. The highest BCUT2D eigenvalue weighted by Gasteiger charge is 2.45. The van der Waals surface area contributed by atoms with Crippen molar-refractivity contribution in [3.63, 3.8) is 0 Å². The number of fused-ring (bicyclic) bond motifs is 1. The summed E-state index contributed by atoms with van der Waals surface area (Å²) in [5.41, 5.74) is 0.251. The molecule has 0 bridgehead atoms. The van der Waals surface area contributed by atoms with Crippen LogP contribution in [0.4, 0.5) is 0 Å². The van der Waals surface area contributed by atoms with Crippen LogP contribution < -0.4 is 10.9 Å². The van der Waals surface area contributed by atoms with Crippen LogP contribution in [0.1, 0.15) is 37.2 Å². The van der Waals surface area contributed by atoms with Crippen LogP contribution in [0.15, 0.2) is 29.1 Å². The highest BCUT2D eigenvalue weighted by atomic mass is 16.2. The molecular formula is C16H19N3O2. The van der Waals surface area contributed by atoms with Crippen LogP contribution in [0.2, 0.25) is 0 Å². The van der Waals surface area contributed by atoms with Crippen LogP contribution in [0.5, 0.6) is 0 Å². The maximum Gasteiger partial charge on any atom is 0.272 e. The van der Waals surface area contributed by atoms with Crippen molar-refractivity contribution in [2.45, 2.75) is 26.7 Å². The summed E-state index contributed by atoms with van der Waals surface area (Å²) in [7, 11) is 0. The Labute approximate surface area is 122 Å². The topological polar surface area (TPSA) is 74.8 Å². The van der Waals surface area contributed by atoms with Crippen molar-refractivity contribution in [3.05, 3.63) is 40.3 Å². The number of benzene rings is 1. The van der Waals surface area contributed by atoms with Gasteiger partial charge in [0.15, 0.2) is 5.69 Å². The Kier molecular flexibility index (Phi) is 3.27. The van der Waals surface area contributed by atoms with Gasteiger partial charge in [0, 0.05) is 11.9 Å². The average Bonchev–Trinajstić information content (AvgIpc) is 3.27. The van der Waals surface area contributed by atoms with Gasteiger partial charge in [-0.3, -0.25) is 9.59 Å². The summed E-state index contributed by atoms with van der Waals surface area (Å²) in [5, 5.41) is 10.4. The van der Waals surface area contributed by atoms with Crippen molar-refractivity contribution >= 4 is 16.7 Å². The second-order valence-corrected chi connectivity index (χ2v) is 6.15. The van der Waals surface area contributed by atoms with E-state index < -0.39 is 0 Å². The van der Waals surface area contributed by atoms with Gasteiger partial charge < -0.3 is 5.32 Å². The number of nitrogens with zero attached hydrogens (tertiary/aromatic N) is 1. The molecule has 21 heavy (non-hydrogen) atoms. The number of aromatic amines is 1. The zero-order valence-electron chi connectivity index (χ0n) is 12.3. The SMILES string of the molecule is CC(C)C1(CNC(=O)c2n[nH]c(=O)c3ccccc23)CC1. The summed E-state index contributed by atoms with van der Waals surface area (Å²) in [6, 6.07) is 7.03. The maximum absolute atomic E-state index is 12.4. The van der Waals surface area contributed by atoms with E-state index in [1.165, 1.54) is 0 Å². The van der Waals surface area contributed by atoms with Crippen LogP contribution in [0.3, 0.4) is 0 Å². The summed E-state index contributed by atoms with van der Waals surface area (Å²) in [6.07, 6.45) is 2.31. The molecule has 1 fully saturated rings. The predicted octanol–water partition coefficient (Wildman–Crippen LogP) is 2.09. The van der Waals surface area contributed by atoms with Gasteiger partial charge in [0.1, 0.15) is 0 Å². The van der Waals surface area contributed by atoms with Crippen molar-refractivity contribution in [1.29, 1.82) is 0 Å². The summed E-state index contributed by atoms with van der Waals surface area (Å²) in [6.45, 7) is 5.04. The molecule has 1 aromatic heterocycles. The first-order valence-corrected chi connectivity index (χ1v) is 7.29. The van der Waals surface area contributed by atoms with Gasteiger partial charge in [0.05, 0.1) is 5.39 Å². The number of carbonyl (C=O) groups excluding carboxylic acids is 1. The van der Waals surface area contributed by atoms with Crippen LogP contribution in [0.25, 0.3) is 10.8 Å². The quantitative estimate of drug-likeness (QED) is 0.903. The van der Waals surface area contributed by atoms with E-state index in [9.17, 15) is 9.59 Å². The Morgan fingerprint density at radius 1 is 1.33 bits per heavy atom. The second-order valence-electron chi connectivity index (χ2n) is 6.15. The zero-order chi connectivity index (χ0) is 15.0. The van der Waals surface area contributed by atoms with E-state index in [4.69, 9.17) is 0 Å². The molecule has 0 unspecified atom stereocenters. The number of hydrogen-bond acceptors (Lipinski definition) is 3. The molecule has 1 amide bonds. The number of hydrogen-bond donors (Lipinski definition) is 2. The highest BCUT2D eigenvalue weighted by molar-refractivity contribution is 6.04. The molecule has 1 saturated carbocycles. The molecule has 0 spiro atoms. The van der Waals surface area contributed by atoms with E-state index in [2.05, 4.69) is 29.4 Å². The van der Waals surface area contributed by atoms with Crippen molar-refractivity contribution in [2.75, 3.05) is 6.54 Å². The molecule has 0 radical (unpaired) electrons. The molecule has 1 aromatic carbocycles. The summed E-state index contributed by atoms with van der Waals surface area (Å²) in [5.74, 6) is 0.326. The molecule has 0 saturated heterocycles. The Morgan fingerprint density at radius 3 is 2.62 bits per heavy atom. The zero-order valence-corrected chi connectivity index (χ0v) is 12.3. The third-order valence-corrected chi connectivity index (χ3v) is 4.63. The van der Waals surface area contributed by atoms with Gasteiger partial charge in [0.2, 0.25) is 0 Å². The number of H-pyrrole nitrogens is 1. The number of amides is 1. The molecule has 2 aromatic rings. The van der Waals surface area contributed by atoms with Gasteiger partial charge in [-0.15, -0.1) is 0 Å². The number of rotatable bonds is 4. The van der Waals surface area contributed by atoms with Crippen molar-refractivity contribution < 1.29 is 4.79 Å². The van der Waals surface area contributed by atoms with Crippen molar-refractivity contribution in [2.24, 2.45) is 11.3 Å². The second kappa shape index (κ2) is 4.98. The van der Waals surface area contributed by atoms with Crippen LogP contribution in [-0.2, 0) is 0 Å². The standard InChI is InChI=1S/C16H19N3O2/c1-10(2)16(7-8-16)9-17-15(21)13-11-5-3-4-6-12(11)14(20)19-18-13/h3-6,10H,7-9H2,1-2H3,(H,17,21)(H,19,20). The minimum atomic E-state index is -0.275. The number of aromatic nitrogens is 2. The Morgan fingerprint density at radius 2 is 2.00 bits per heavy atom. The lowest BCUT2D eigenvalue weighted by atomic mass is 9.92. The van der Waals surface area contributed by atoms with Crippen LogP contribution in [0, 0.1) is 11.3 Å². The van der Waals surface area contributed by atoms with Gasteiger partial charge in [-0.2, -0.15) is 5.10 Å². The van der Waals surface area contributed by atoms with Gasteiger partial charge in [0.25, 0.3) is 11.5 Å². The molecule has 3 rings (SSSR count). The Hall–Kier alpha value is -2.17. The first-order chi connectivity index (χ1) is 10.0. The normalized spacial score (nSPS) is 16.1. The Balaban J connectivity index is 1.86. The van der Waals surface area contributed by atoms with Crippen LogP contribution >= 0.6 is 0 Å². The number of nitrogens with one attached hydrogen (secondary N) is 2. The van der Waals surface area contributed by atoms with E-state index >= 15 is 0 Å². The third kappa shape index (κ3) is 2.44. The molecule has 0 aliphatic heterocycles. The maximum atomic E-state index is 12.4. The average molecular weight is 285 g/mol. The highest BCUT2D eigenvalue weighted by Crippen LogP contribution is 2.51. The molecule has 1 aliphatic rings. The molecule has 0 atom stereocenters. The van der Waals surface area contributed by atoms with Gasteiger partial charge in [-0.05, 0) is 30.2 Å². The Bertz CT molecular complexity index is 745. The van der Waals surface area contributed by atoms with Crippen LogP contribution in [-0.4, -0.2) is 22.6 Å². The molecule has 5 nitrogen and oxygen atoms in total. The minimum Gasteiger partial charge on any atom is -0.350 e. The fourth-order valence-corrected chi connectivity index (χ4v) is 2.75. The lowest BCUT2D eigenvalue weighted by molar-refractivity contribution is 0.0935. The molecular weight excluding hydrogens is 266 g/mol. The minimum absolute atomic E-state index is 0.227. The molecule has 2 N–H and O–H groups in total. The van der Waals surface area contributed by atoms with Crippen molar-refractivity contribution in [1.82, 2.24) is 15.5 Å². The summed E-state index contributed by atoms with van der Waals surface area (Å²) < 4.78 is 0. The van der Waals surface area contributed by atoms with E-state index in [0.29, 0.717) is 23.2 Å². The van der Waals surface area contributed by atoms with Gasteiger partial charge in [-0.25, -0.2) is 5.10 Å². The smallest absolute Gasteiger partial charge is 0.272 e. The van der Waals surface area contributed by atoms with E-state index in [0.717, 1.165) is 12.8 Å². The first-order valence-electron chi connectivity index (χ1n) is 7.29. The lowest BCUT2D eigenvalue weighted by Gasteiger charge is -2.19. The van der Waals surface area contributed by atoms with Gasteiger partial charge in [-0.1, -0.05) is 32.0 Å².